The first-order valence-corrected chi connectivity index (χ1v) is 7.54. The molecule has 4 rings (SSSR count). The van der Waals surface area contributed by atoms with Crippen molar-refractivity contribution in [3.63, 3.8) is 0 Å². The molecule has 2 aliphatic rings. The van der Waals surface area contributed by atoms with Crippen molar-refractivity contribution >= 4 is 5.91 Å². The lowest BCUT2D eigenvalue weighted by atomic mass is 10.0. The van der Waals surface area contributed by atoms with Crippen LogP contribution in [0.3, 0.4) is 0 Å². The lowest BCUT2D eigenvalue weighted by molar-refractivity contribution is 0.0790. The van der Waals surface area contributed by atoms with Gasteiger partial charge in [-0.25, -0.2) is 0 Å². The Hall–Kier alpha value is -2.17. The number of hydrogen-bond acceptors (Lipinski definition) is 3. The number of pyridine rings is 1. The molecule has 2 aromatic heterocycles. The minimum atomic E-state index is 0.105. The number of nitrogens with zero attached hydrogens (tertiary/aromatic N) is 4. The van der Waals surface area contributed by atoms with E-state index in [-0.39, 0.29) is 5.91 Å². The van der Waals surface area contributed by atoms with Crippen LogP contribution in [0.25, 0.3) is 0 Å². The molecule has 1 atom stereocenters. The Balaban J connectivity index is 1.45. The van der Waals surface area contributed by atoms with Crippen LogP contribution in [0.1, 0.15) is 47.1 Å². The van der Waals surface area contributed by atoms with Gasteiger partial charge in [-0.1, -0.05) is 6.07 Å². The van der Waals surface area contributed by atoms with Crippen LogP contribution in [0.2, 0.25) is 0 Å². The molecular formula is C16H18N4O. The predicted octanol–water partition coefficient (Wildman–Crippen LogP) is 2.24. The van der Waals surface area contributed by atoms with E-state index in [9.17, 15) is 4.79 Å². The molecule has 1 saturated carbocycles. The second-order valence-corrected chi connectivity index (χ2v) is 5.96. The highest BCUT2D eigenvalue weighted by molar-refractivity contribution is 5.94. The second-order valence-electron chi connectivity index (χ2n) is 5.96. The molecular weight excluding hydrogens is 264 g/mol. The first kappa shape index (κ1) is 12.6. The molecule has 0 spiro atoms. The van der Waals surface area contributed by atoms with E-state index in [4.69, 9.17) is 0 Å². The maximum absolute atomic E-state index is 12.5. The van der Waals surface area contributed by atoms with Crippen molar-refractivity contribution in [3.05, 3.63) is 48.0 Å². The van der Waals surface area contributed by atoms with Crippen LogP contribution >= 0.6 is 0 Å². The number of amides is 1. The second kappa shape index (κ2) is 4.98. The van der Waals surface area contributed by atoms with Crippen molar-refractivity contribution in [2.45, 2.75) is 31.2 Å². The zero-order chi connectivity index (χ0) is 14.2. The van der Waals surface area contributed by atoms with Crippen LogP contribution in [0.4, 0.5) is 0 Å². The fraction of sp³-hybridized carbons (Fsp3) is 0.438. The molecule has 0 radical (unpaired) electrons. The zero-order valence-corrected chi connectivity index (χ0v) is 11.9. The van der Waals surface area contributed by atoms with E-state index in [1.165, 1.54) is 18.4 Å². The smallest absolute Gasteiger partial charge is 0.257 e. The van der Waals surface area contributed by atoms with E-state index in [1.54, 1.807) is 12.4 Å². The minimum absolute atomic E-state index is 0.105. The third-order valence-electron chi connectivity index (χ3n) is 4.40. The molecule has 0 aromatic carbocycles. The van der Waals surface area contributed by atoms with Crippen molar-refractivity contribution in [2.75, 3.05) is 13.1 Å². The first-order valence-electron chi connectivity index (χ1n) is 7.54. The Morgan fingerprint density at radius 2 is 2.14 bits per heavy atom. The fourth-order valence-corrected chi connectivity index (χ4v) is 3.00. The van der Waals surface area contributed by atoms with Crippen LogP contribution in [0, 0.1) is 0 Å². The third-order valence-corrected chi connectivity index (χ3v) is 4.40. The lowest BCUT2D eigenvalue weighted by Crippen LogP contribution is -2.28. The van der Waals surface area contributed by atoms with Crippen molar-refractivity contribution < 1.29 is 4.79 Å². The van der Waals surface area contributed by atoms with Crippen molar-refractivity contribution in [1.82, 2.24) is 19.7 Å². The number of carbonyl (C=O) groups excluding carboxylic acids is 1. The van der Waals surface area contributed by atoms with Gasteiger partial charge in [0, 0.05) is 37.6 Å². The van der Waals surface area contributed by atoms with Gasteiger partial charge in [0.25, 0.3) is 5.91 Å². The highest BCUT2D eigenvalue weighted by Crippen LogP contribution is 2.34. The summed E-state index contributed by atoms with van der Waals surface area (Å²) >= 11 is 0. The lowest BCUT2D eigenvalue weighted by Gasteiger charge is -2.15. The molecule has 2 fully saturated rings. The van der Waals surface area contributed by atoms with Gasteiger partial charge in [-0.2, -0.15) is 5.10 Å². The summed E-state index contributed by atoms with van der Waals surface area (Å²) in [5, 5.41) is 4.31. The summed E-state index contributed by atoms with van der Waals surface area (Å²) in [4.78, 5) is 18.6. The number of rotatable bonds is 3. The first-order chi connectivity index (χ1) is 10.3. The molecule has 0 bridgehead atoms. The summed E-state index contributed by atoms with van der Waals surface area (Å²) in [7, 11) is 0. The number of aromatic nitrogens is 3. The topological polar surface area (TPSA) is 51.0 Å². The average molecular weight is 282 g/mol. The van der Waals surface area contributed by atoms with Crippen molar-refractivity contribution in [2.24, 2.45) is 0 Å². The fourth-order valence-electron chi connectivity index (χ4n) is 3.00. The van der Waals surface area contributed by atoms with E-state index >= 15 is 0 Å². The summed E-state index contributed by atoms with van der Waals surface area (Å²) in [6.07, 6.45) is 10.7. The SMILES string of the molecule is O=C(c1cnn(C2CC2)c1)N1CC[C@H](c2cccnc2)C1. The van der Waals surface area contributed by atoms with Gasteiger partial charge in [0.1, 0.15) is 0 Å². The normalized spacial score (nSPS) is 21.7. The van der Waals surface area contributed by atoms with Gasteiger partial charge in [0.2, 0.25) is 0 Å². The van der Waals surface area contributed by atoms with E-state index < -0.39 is 0 Å². The van der Waals surface area contributed by atoms with E-state index in [1.807, 2.05) is 28.0 Å². The third kappa shape index (κ3) is 2.44. The number of likely N-dealkylation sites (tertiary alicyclic amines) is 1. The van der Waals surface area contributed by atoms with Crippen molar-refractivity contribution in [3.8, 4) is 0 Å². The summed E-state index contributed by atoms with van der Waals surface area (Å²) in [6, 6.07) is 4.57. The Kier molecular flexibility index (Phi) is 2.98. The molecule has 0 N–H and O–H groups in total. The maximum atomic E-state index is 12.5. The van der Waals surface area contributed by atoms with Crippen LogP contribution in [-0.2, 0) is 0 Å². The zero-order valence-electron chi connectivity index (χ0n) is 11.9. The van der Waals surface area contributed by atoms with Gasteiger partial charge in [0.05, 0.1) is 17.8 Å². The minimum Gasteiger partial charge on any atom is -0.338 e. The highest BCUT2D eigenvalue weighted by Gasteiger charge is 2.30. The van der Waals surface area contributed by atoms with Gasteiger partial charge in [-0.05, 0) is 30.9 Å². The molecule has 1 aliphatic carbocycles. The molecule has 1 aliphatic heterocycles. The monoisotopic (exact) mass is 282 g/mol. The summed E-state index contributed by atoms with van der Waals surface area (Å²) in [5.41, 5.74) is 1.94. The molecule has 5 nitrogen and oxygen atoms in total. The maximum Gasteiger partial charge on any atom is 0.257 e. The van der Waals surface area contributed by atoms with E-state index in [0.29, 0.717) is 17.5 Å². The van der Waals surface area contributed by atoms with Crippen LogP contribution in [0.15, 0.2) is 36.9 Å². The molecule has 2 aromatic rings. The molecule has 5 heteroatoms. The number of carbonyl (C=O) groups is 1. The average Bonchev–Trinajstić information content (AvgIpc) is 3.06. The largest absolute Gasteiger partial charge is 0.338 e. The van der Waals surface area contributed by atoms with Crippen LogP contribution in [0.5, 0.6) is 0 Å². The number of hydrogen-bond donors (Lipinski definition) is 0. The van der Waals surface area contributed by atoms with Gasteiger partial charge in [-0.3, -0.25) is 14.5 Å². The van der Waals surface area contributed by atoms with Crippen molar-refractivity contribution in [1.29, 1.82) is 0 Å². The van der Waals surface area contributed by atoms with Crippen LogP contribution in [-0.4, -0.2) is 38.7 Å². The van der Waals surface area contributed by atoms with Crippen LogP contribution < -0.4 is 0 Å². The Morgan fingerprint density at radius 3 is 2.90 bits per heavy atom. The molecule has 0 unspecified atom stereocenters. The molecule has 1 amide bonds. The summed E-state index contributed by atoms with van der Waals surface area (Å²) < 4.78 is 1.93. The van der Waals surface area contributed by atoms with E-state index in [2.05, 4.69) is 16.1 Å². The Morgan fingerprint density at radius 1 is 1.24 bits per heavy atom. The van der Waals surface area contributed by atoms with E-state index in [0.717, 1.165) is 19.5 Å². The molecule has 1 saturated heterocycles. The predicted molar refractivity (Wildman–Crippen MR) is 78.0 cm³/mol. The van der Waals surface area contributed by atoms with Gasteiger partial charge >= 0.3 is 0 Å². The standard InChI is InChI=1S/C16H18N4O/c21-16(14-9-18-20(11-14)15-3-4-15)19-7-5-13(10-19)12-2-1-6-17-8-12/h1-2,6,8-9,11,13,15H,3-5,7,10H2/t13-/m0/s1. The molecule has 108 valence electrons. The van der Waals surface area contributed by atoms with Gasteiger partial charge in [-0.15, -0.1) is 0 Å². The Bertz CT molecular complexity index is 647. The highest BCUT2D eigenvalue weighted by atomic mass is 16.2. The summed E-state index contributed by atoms with van der Waals surface area (Å²) in [6.45, 7) is 1.59. The van der Waals surface area contributed by atoms with Gasteiger partial charge in [0.15, 0.2) is 0 Å². The molecule has 21 heavy (non-hydrogen) atoms. The van der Waals surface area contributed by atoms with Gasteiger partial charge < -0.3 is 4.90 Å². The molecule has 3 heterocycles. The Labute approximate surface area is 123 Å². The quantitative estimate of drug-likeness (QED) is 0.867. The summed E-state index contributed by atoms with van der Waals surface area (Å²) in [5.74, 6) is 0.509.